The number of methoxy groups -OCH3 is 1. The fraction of sp³-hybridized carbons (Fsp3) is 0.243. The predicted molar refractivity (Wildman–Crippen MR) is 189 cm³/mol. The number of carbonyl (C=O) groups is 3. The number of hydrogen-bond acceptors (Lipinski definition) is 7. The first-order valence-electron chi connectivity index (χ1n) is 15.4. The maximum absolute atomic E-state index is 13.6. The molecule has 0 radical (unpaired) electrons. The molecule has 0 fully saturated rings. The SMILES string of the molecule is CCC(Sc1cccc(NC(=O)/C(=C/c2cccc(OC)c2)NC(=O)c2ccccc2)c1)C(=O)Nc1sc2c(c1C#N)CCC(C)C2. The molecule has 8 nitrogen and oxygen atoms in total. The van der Waals surface area contributed by atoms with Gasteiger partial charge >= 0.3 is 0 Å². The van der Waals surface area contributed by atoms with Gasteiger partial charge in [-0.3, -0.25) is 14.4 Å². The van der Waals surface area contributed by atoms with E-state index in [2.05, 4.69) is 28.9 Å². The molecular formula is C37H36N4O4S2. The first kappa shape index (κ1) is 33.5. The van der Waals surface area contributed by atoms with Gasteiger partial charge in [0, 0.05) is 21.0 Å². The van der Waals surface area contributed by atoms with Crippen molar-refractivity contribution >= 4 is 57.6 Å². The Morgan fingerprint density at radius 1 is 1.06 bits per heavy atom. The summed E-state index contributed by atoms with van der Waals surface area (Å²) in [6.45, 7) is 4.16. The minimum Gasteiger partial charge on any atom is -0.497 e. The van der Waals surface area contributed by atoms with Gasteiger partial charge in [0.1, 0.15) is 22.5 Å². The van der Waals surface area contributed by atoms with Crippen LogP contribution in [-0.4, -0.2) is 30.1 Å². The van der Waals surface area contributed by atoms with Crippen molar-refractivity contribution in [2.24, 2.45) is 5.92 Å². The number of benzene rings is 3. The summed E-state index contributed by atoms with van der Waals surface area (Å²) in [4.78, 5) is 42.0. The van der Waals surface area contributed by atoms with E-state index >= 15 is 0 Å². The van der Waals surface area contributed by atoms with Gasteiger partial charge in [-0.1, -0.05) is 50.2 Å². The molecule has 4 aromatic rings. The largest absolute Gasteiger partial charge is 0.497 e. The molecule has 3 N–H and O–H groups in total. The van der Waals surface area contributed by atoms with Gasteiger partial charge in [-0.2, -0.15) is 5.26 Å². The number of hydrogen-bond donors (Lipinski definition) is 3. The van der Waals surface area contributed by atoms with E-state index in [4.69, 9.17) is 4.74 Å². The lowest BCUT2D eigenvalue weighted by molar-refractivity contribution is -0.116. The van der Waals surface area contributed by atoms with E-state index in [-0.39, 0.29) is 11.6 Å². The Balaban J connectivity index is 1.31. The Bertz CT molecular complexity index is 1840. The highest BCUT2D eigenvalue weighted by molar-refractivity contribution is 8.00. The molecule has 0 aliphatic heterocycles. The van der Waals surface area contributed by atoms with Crippen LogP contribution < -0.4 is 20.7 Å². The van der Waals surface area contributed by atoms with Crippen molar-refractivity contribution in [1.29, 1.82) is 5.26 Å². The first-order valence-corrected chi connectivity index (χ1v) is 17.1. The molecule has 47 heavy (non-hydrogen) atoms. The highest BCUT2D eigenvalue weighted by Crippen LogP contribution is 2.40. The summed E-state index contributed by atoms with van der Waals surface area (Å²) in [6.07, 6.45) is 5.00. The number of carbonyl (C=O) groups excluding carboxylic acids is 3. The summed E-state index contributed by atoms with van der Waals surface area (Å²) >= 11 is 2.91. The predicted octanol–water partition coefficient (Wildman–Crippen LogP) is 7.67. The summed E-state index contributed by atoms with van der Waals surface area (Å²) in [6, 6.07) is 25.4. The quantitative estimate of drug-likeness (QED) is 0.112. The molecule has 0 spiro atoms. The molecule has 3 amide bonds. The second kappa shape index (κ2) is 15.6. The van der Waals surface area contributed by atoms with Crippen LogP contribution in [0.4, 0.5) is 10.7 Å². The van der Waals surface area contributed by atoms with Crippen LogP contribution in [0.25, 0.3) is 6.08 Å². The van der Waals surface area contributed by atoms with Gasteiger partial charge in [0.05, 0.1) is 17.9 Å². The van der Waals surface area contributed by atoms with E-state index in [1.807, 2.05) is 25.1 Å². The van der Waals surface area contributed by atoms with Gasteiger partial charge in [-0.15, -0.1) is 23.1 Å². The number of nitrogens with zero attached hydrogens (tertiary/aromatic N) is 1. The van der Waals surface area contributed by atoms with Crippen LogP contribution >= 0.6 is 23.1 Å². The summed E-state index contributed by atoms with van der Waals surface area (Å²) in [7, 11) is 1.56. The van der Waals surface area contributed by atoms with E-state index in [9.17, 15) is 19.6 Å². The number of rotatable bonds is 11. The topological polar surface area (TPSA) is 120 Å². The Kier molecular flexibility index (Phi) is 11.1. The van der Waals surface area contributed by atoms with E-state index < -0.39 is 17.1 Å². The molecule has 1 aliphatic carbocycles. The van der Waals surface area contributed by atoms with Crippen LogP contribution in [0, 0.1) is 17.2 Å². The normalized spacial score (nSPS) is 14.7. The van der Waals surface area contributed by atoms with E-state index in [1.165, 1.54) is 28.0 Å². The van der Waals surface area contributed by atoms with Crippen LogP contribution in [0.3, 0.4) is 0 Å². The number of thioether (sulfide) groups is 1. The standard InChI is InChI=1S/C37H36N4O4S2/c1-4-32(36(44)41-37-30(22-38)29-17-16-23(2)18-33(29)47-37)46-28-15-9-13-26(21-28)39-35(43)31(20-24-10-8-14-27(19-24)45-3)40-34(42)25-11-6-5-7-12-25/h5-15,19-21,23,32H,4,16-18H2,1-3H3,(H,39,43)(H,40,42)(H,41,44)/b31-20-. The summed E-state index contributed by atoms with van der Waals surface area (Å²) in [5.41, 5.74) is 3.31. The van der Waals surface area contributed by atoms with Crippen LogP contribution in [0.15, 0.2) is 89.5 Å². The average Bonchev–Trinajstić information content (AvgIpc) is 3.42. The zero-order valence-corrected chi connectivity index (χ0v) is 28.1. The van der Waals surface area contributed by atoms with Gasteiger partial charge < -0.3 is 20.7 Å². The number of ether oxygens (including phenoxy) is 1. The molecule has 10 heteroatoms. The fourth-order valence-corrected chi connectivity index (χ4v) is 7.70. The van der Waals surface area contributed by atoms with Crippen LogP contribution in [-0.2, 0) is 22.4 Å². The lowest BCUT2D eigenvalue weighted by Crippen LogP contribution is -2.30. The molecule has 0 saturated heterocycles. The lowest BCUT2D eigenvalue weighted by Gasteiger charge is -2.17. The lowest BCUT2D eigenvalue weighted by atomic mass is 9.88. The molecule has 5 rings (SSSR count). The van der Waals surface area contributed by atoms with Crippen molar-refractivity contribution < 1.29 is 19.1 Å². The third-order valence-corrected chi connectivity index (χ3v) is 10.4. The van der Waals surface area contributed by atoms with Crippen LogP contribution in [0.5, 0.6) is 5.75 Å². The zero-order chi connectivity index (χ0) is 33.3. The maximum Gasteiger partial charge on any atom is 0.272 e. The fourth-order valence-electron chi connectivity index (χ4n) is 5.32. The molecule has 0 saturated carbocycles. The molecule has 2 atom stereocenters. The van der Waals surface area contributed by atoms with Crippen molar-refractivity contribution in [3.05, 3.63) is 112 Å². The Hall–Kier alpha value is -4.85. The van der Waals surface area contributed by atoms with Gasteiger partial charge in [0.2, 0.25) is 5.91 Å². The number of thiophene rings is 1. The average molecular weight is 665 g/mol. The molecule has 1 heterocycles. The summed E-state index contributed by atoms with van der Waals surface area (Å²) in [5.74, 6) is 0.0868. The zero-order valence-electron chi connectivity index (χ0n) is 26.5. The number of fused-ring (bicyclic) bond motifs is 1. The van der Waals surface area contributed by atoms with Gasteiger partial charge in [0.25, 0.3) is 11.8 Å². The molecule has 240 valence electrons. The van der Waals surface area contributed by atoms with E-state index in [0.717, 1.165) is 29.7 Å². The second-order valence-electron chi connectivity index (χ2n) is 11.3. The van der Waals surface area contributed by atoms with E-state index in [0.29, 0.717) is 45.5 Å². The number of nitrogens with one attached hydrogen (secondary N) is 3. The Morgan fingerprint density at radius 2 is 1.85 bits per heavy atom. The maximum atomic E-state index is 13.6. The third-order valence-electron chi connectivity index (χ3n) is 7.83. The van der Waals surface area contributed by atoms with E-state index in [1.54, 1.807) is 73.8 Å². The van der Waals surface area contributed by atoms with Gasteiger partial charge in [-0.25, -0.2) is 0 Å². The molecule has 1 aromatic heterocycles. The molecule has 1 aliphatic rings. The Morgan fingerprint density at radius 3 is 2.60 bits per heavy atom. The van der Waals surface area contributed by atoms with Crippen molar-refractivity contribution in [2.45, 2.75) is 49.7 Å². The smallest absolute Gasteiger partial charge is 0.272 e. The number of nitriles is 1. The minimum atomic E-state index is -0.510. The molecular weight excluding hydrogens is 629 g/mol. The van der Waals surface area contributed by atoms with Crippen molar-refractivity contribution in [2.75, 3.05) is 17.7 Å². The number of amides is 3. The Labute approximate surface area is 283 Å². The van der Waals surface area contributed by atoms with Crippen LogP contribution in [0.1, 0.15) is 58.6 Å². The third kappa shape index (κ3) is 8.50. The van der Waals surface area contributed by atoms with Gasteiger partial charge in [0.15, 0.2) is 0 Å². The minimum absolute atomic E-state index is 0.0531. The van der Waals surface area contributed by atoms with Crippen molar-refractivity contribution in [3.8, 4) is 11.8 Å². The van der Waals surface area contributed by atoms with Crippen molar-refractivity contribution in [3.63, 3.8) is 0 Å². The highest BCUT2D eigenvalue weighted by atomic mass is 32.2. The van der Waals surface area contributed by atoms with Crippen molar-refractivity contribution in [1.82, 2.24) is 5.32 Å². The first-order chi connectivity index (χ1) is 22.8. The number of anilines is 2. The summed E-state index contributed by atoms with van der Waals surface area (Å²) in [5, 5.41) is 18.8. The monoisotopic (exact) mass is 664 g/mol. The highest BCUT2D eigenvalue weighted by Gasteiger charge is 2.27. The van der Waals surface area contributed by atoms with Gasteiger partial charge in [-0.05, 0) is 91.3 Å². The van der Waals surface area contributed by atoms with Crippen LogP contribution in [0.2, 0.25) is 0 Å². The molecule has 0 bridgehead atoms. The summed E-state index contributed by atoms with van der Waals surface area (Å²) < 4.78 is 5.32. The second-order valence-corrected chi connectivity index (χ2v) is 13.7. The molecule has 3 aromatic carbocycles. The molecule has 2 unspecified atom stereocenters.